The Kier molecular flexibility index (Phi) is 7.66. The molecule has 1 aromatic rings. The number of benzene rings is 1. The molecule has 0 spiro atoms. The standard InChI is InChI=1S/C22H36N2O2/c1-17-7-9-18(10-8-17)20(19-11-14-26-22(2,3)16-19)15-21(25)23-12-6-13-24(4)5/h7-10,19-20H,6,11-16H2,1-5H3,(H,23,25). The van der Waals surface area contributed by atoms with Crippen LogP contribution in [0.5, 0.6) is 0 Å². The Hall–Kier alpha value is -1.39. The van der Waals surface area contributed by atoms with Gasteiger partial charge in [-0.05, 0) is 78.1 Å². The normalized spacial score (nSPS) is 20.8. The number of amides is 1. The first-order chi connectivity index (χ1) is 12.3. The summed E-state index contributed by atoms with van der Waals surface area (Å²) in [7, 11) is 4.12. The molecule has 1 aromatic carbocycles. The number of hydrogen-bond donors (Lipinski definition) is 1. The Morgan fingerprint density at radius 3 is 2.62 bits per heavy atom. The van der Waals surface area contributed by atoms with Crippen LogP contribution in [0.4, 0.5) is 0 Å². The molecule has 146 valence electrons. The van der Waals surface area contributed by atoms with Crippen LogP contribution in [-0.2, 0) is 9.53 Å². The fraction of sp³-hybridized carbons (Fsp3) is 0.682. The van der Waals surface area contributed by atoms with Gasteiger partial charge in [0, 0.05) is 19.6 Å². The smallest absolute Gasteiger partial charge is 0.220 e. The highest BCUT2D eigenvalue weighted by Crippen LogP contribution is 2.40. The lowest BCUT2D eigenvalue weighted by Gasteiger charge is -2.39. The molecule has 1 saturated heterocycles. The molecule has 4 nitrogen and oxygen atoms in total. The van der Waals surface area contributed by atoms with Gasteiger partial charge in [0.1, 0.15) is 0 Å². The van der Waals surface area contributed by atoms with Crippen molar-refractivity contribution in [1.82, 2.24) is 10.2 Å². The van der Waals surface area contributed by atoms with E-state index in [1.54, 1.807) is 0 Å². The van der Waals surface area contributed by atoms with Gasteiger partial charge in [0.15, 0.2) is 0 Å². The minimum absolute atomic E-state index is 0.103. The molecule has 4 heteroatoms. The van der Waals surface area contributed by atoms with Gasteiger partial charge >= 0.3 is 0 Å². The number of rotatable bonds is 8. The molecular formula is C22H36N2O2. The highest BCUT2D eigenvalue weighted by Gasteiger charge is 2.35. The molecule has 0 aromatic heterocycles. The quantitative estimate of drug-likeness (QED) is 0.718. The SMILES string of the molecule is Cc1ccc(C(CC(=O)NCCCN(C)C)C2CCOC(C)(C)C2)cc1. The van der Waals surface area contributed by atoms with Crippen molar-refractivity contribution in [2.75, 3.05) is 33.8 Å². The van der Waals surface area contributed by atoms with Crippen molar-refractivity contribution in [2.24, 2.45) is 5.92 Å². The maximum absolute atomic E-state index is 12.6. The number of nitrogens with one attached hydrogen (secondary N) is 1. The molecule has 0 saturated carbocycles. The van der Waals surface area contributed by atoms with Crippen molar-refractivity contribution >= 4 is 5.91 Å². The number of ether oxygens (including phenoxy) is 1. The zero-order chi connectivity index (χ0) is 19.2. The number of aryl methyl sites for hydroxylation is 1. The largest absolute Gasteiger partial charge is 0.376 e. The van der Waals surface area contributed by atoms with Crippen LogP contribution in [0.1, 0.15) is 56.6 Å². The molecule has 1 amide bonds. The van der Waals surface area contributed by atoms with E-state index >= 15 is 0 Å². The van der Waals surface area contributed by atoms with E-state index in [9.17, 15) is 4.79 Å². The zero-order valence-electron chi connectivity index (χ0n) is 17.2. The van der Waals surface area contributed by atoms with Crippen LogP contribution in [0.3, 0.4) is 0 Å². The highest BCUT2D eigenvalue weighted by molar-refractivity contribution is 5.76. The van der Waals surface area contributed by atoms with Crippen LogP contribution < -0.4 is 5.32 Å². The summed E-state index contributed by atoms with van der Waals surface area (Å²) in [6.45, 7) is 8.95. The second-order valence-corrected chi connectivity index (χ2v) is 8.59. The summed E-state index contributed by atoms with van der Waals surface area (Å²) in [5.41, 5.74) is 2.43. The molecule has 2 atom stereocenters. The molecule has 1 aliphatic rings. The van der Waals surface area contributed by atoms with Crippen LogP contribution in [0.2, 0.25) is 0 Å². The molecule has 1 heterocycles. The Morgan fingerprint density at radius 2 is 2.00 bits per heavy atom. The van der Waals surface area contributed by atoms with E-state index in [4.69, 9.17) is 4.74 Å². The minimum atomic E-state index is -0.103. The van der Waals surface area contributed by atoms with Crippen LogP contribution in [0, 0.1) is 12.8 Å². The Bertz CT molecular complexity index is 566. The van der Waals surface area contributed by atoms with Gasteiger partial charge in [0.25, 0.3) is 0 Å². The summed E-state index contributed by atoms with van der Waals surface area (Å²) in [5.74, 6) is 0.903. The first-order valence-electron chi connectivity index (χ1n) is 9.89. The third-order valence-electron chi connectivity index (χ3n) is 5.32. The maximum Gasteiger partial charge on any atom is 0.220 e. The minimum Gasteiger partial charge on any atom is -0.376 e. The second-order valence-electron chi connectivity index (χ2n) is 8.59. The van der Waals surface area contributed by atoms with Gasteiger partial charge in [0.05, 0.1) is 5.60 Å². The lowest BCUT2D eigenvalue weighted by atomic mass is 9.75. The molecule has 1 aliphatic heterocycles. The van der Waals surface area contributed by atoms with Crippen molar-refractivity contribution in [1.29, 1.82) is 0 Å². The van der Waals surface area contributed by atoms with E-state index < -0.39 is 0 Å². The molecule has 1 N–H and O–H groups in total. The van der Waals surface area contributed by atoms with E-state index in [0.29, 0.717) is 12.3 Å². The van der Waals surface area contributed by atoms with Gasteiger partial charge in [-0.2, -0.15) is 0 Å². The fourth-order valence-electron chi connectivity index (χ4n) is 3.89. The first-order valence-corrected chi connectivity index (χ1v) is 9.89. The number of hydrogen-bond acceptors (Lipinski definition) is 3. The summed E-state index contributed by atoms with van der Waals surface area (Å²) in [6, 6.07) is 8.70. The monoisotopic (exact) mass is 360 g/mol. The van der Waals surface area contributed by atoms with Gasteiger partial charge in [-0.1, -0.05) is 29.8 Å². The number of nitrogens with zero attached hydrogens (tertiary/aromatic N) is 1. The summed E-state index contributed by atoms with van der Waals surface area (Å²) < 4.78 is 5.90. The van der Waals surface area contributed by atoms with Gasteiger partial charge in [0.2, 0.25) is 5.91 Å². The molecule has 0 aliphatic carbocycles. The van der Waals surface area contributed by atoms with Gasteiger partial charge < -0.3 is 15.0 Å². The van der Waals surface area contributed by atoms with Gasteiger partial charge in [-0.15, -0.1) is 0 Å². The third-order valence-corrected chi connectivity index (χ3v) is 5.32. The van der Waals surface area contributed by atoms with Crippen molar-refractivity contribution in [2.45, 2.75) is 58.0 Å². The fourth-order valence-corrected chi connectivity index (χ4v) is 3.89. The van der Waals surface area contributed by atoms with E-state index in [0.717, 1.165) is 39.0 Å². The first kappa shape index (κ1) is 20.9. The number of carbonyl (C=O) groups excluding carboxylic acids is 1. The third kappa shape index (κ3) is 6.73. The predicted octanol–water partition coefficient (Wildman–Crippen LogP) is 3.74. The van der Waals surface area contributed by atoms with Crippen LogP contribution in [0.25, 0.3) is 0 Å². The number of carbonyl (C=O) groups is 1. The lowest BCUT2D eigenvalue weighted by Crippen LogP contribution is -2.37. The Balaban J connectivity index is 2.03. The second kappa shape index (κ2) is 9.52. The average molecular weight is 361 g/mol. The Labute approximate surface area is 159 Å². The molecule has 2 unspecified atom stereocenters. The zero-order valence-corrected chi connectivity index (χ0v) is 17.2. The molecule has 2 rings (SSSR count). The van der Waals surface area contributed by atoms with Crippen molar-refractivity contribution < 1.29 is 9.53 Å². The summed E-state index contributed by atoms with van der Waals surface area (Å²) in [4.78, 5) is 14.7. The summed E-state index contributed by atoms with van der Waals surface area (Å²) in [5, 5.41) is 3.11. The molecule has 1 fully saturated rings. The molecule has 0 bridgehead atoms. The van der Waals surface area contributed by atoms with Crippen molar-refractivity contribution in [3.8, 4) is 0 Å². The van der Waals surface area contributed by atoms with Crippen molar-refractivity contribution in [3.05, 3.63) is 35.4 Å². The summed E-state index contributed by atoms with van der Waals surface area (Å²) >= 11 is 0. The van der Waals surface area contributed by atoms with Crippen molar-refractivity contribution in [3.63, 3.8) is 0 Å². The van der Waals surface area contributed by atoms with E-state index in [2.05, 4.69) is 69.3 Å². The van der Waals surface area contributed by atoms with Gasteiger partial charge in [-0.25, -0.2) is 0 Å². The average Bonchev–Trinajstić information content (AvgIpc) is 2.56. The summed E-state index contributed by atoms with van der Waals surface area (Å²) in [6.07, 6.45) is 3.57. The molecule has 26 heavy (non-hydrogen) atoms. The lowest BCUT2D eigenvalue weighted by molar-refractivity contribution is -0.123. The van der Waals surface area contributed by atoms with Crippen LogP contribution in [-0.4, -0.2) is 50.2 Å². The Morgan fingerprint density at radius 1 is 1.31 bits per heavy atom. The van der Waals surface area contributed by atoms with E-state index in [1.807, 2.05) is 0 Å². The predicted molar refractivity (Wildman–Crippen MR) is 107 cm³/mol. The van der Waals surface area contributed by atoms with E-state index in [1.165, 1.54) is 11.1 Å². The maximum atomic E-state index is 12.6. The van der Waals surface area contributed by atoms with Crippen LogP contribution in [0.15, 0.2) is 24.3 Å². The topological polar surface area (TPSA) is 41.6 Å². The highest BCUT2D eigenvalue weighted by atomic mass is 16.5. The van der Waals surface area contributed by atoms with E-state index in [-0.39, 0.29) is 17.4 Å². The molecule has 0 radical (unpaired) electrons. The van der Waals surface area contributed by atoms with Gasteiger partial charge in [-0.3, -0.25) is 4.79 Å². The van der Waals surface area contributed by atoms with Crippen LogP contribution >= 0.6 is 0 Å². The molecular weight excluding hydrogens is 324 g/mol.